The van der Waals surface area contributed by atoms with Gasteiger partial charge in [0.25, 0.3) is 0 Å². The third-order valence-electron chi connectivity index (χ3n) is 12.4. The van der Waals surface area contributed by atoms with Gasteiger partial charge in [-0.1, -0.05) is 115 Å². The highest BCUT2D eigenvalue weighted by molar-refractivity contribution is 6.11. The minimum absolute atomic E-state index is 0.580. The normalized spacial score (nSPS) is 11.8. The van der Waals surface area contributed by atoms with Crippen LogP contribution < -0.4 is 0 Å². The van der Waals surface area contributed by atoms with E-state index in [1.807, 2.05) is 12.3 Å². The quantitative estimate of drug-likeness (QED) is 0.168. The fraction of sp³-hybridized carbons (Fsp3) is 0. The van der Waals surface area contributed by atoms with Crippen molar-refractivity contribution in [3.8, 4) is 51.2 Å². The van der Waals surface area contributed by atoms with Gasteiger partial charge in [-0.05, 0) is 91.0 Å². The average molecular weight is 806 g/mol. The summed E-state index contributed by atoms with van der Waals surface area (Å²) < 4.78 is 6.90. The molecule has 7 nitrogen and oxygen atoms in total. The Bertz CT molecular complexity index is 3590. The molecule has 0 aliphatic heterocycles. The SMILES string of the molecule is c1ccc(-n2c3ccccc3c3ccccc32)c(-c2nc(-c3ccc(-n4c5ccccc5c5cccnc54)cc3)nc(-c3ccccc3-n3c4ccccc4c4ccccc43)n2)c1. The summed E-state index contributed by atoms with van der Waals surface area (Å²) >= 11 is 0. The van der Waals surface area contributed by atoms with Crippen molar-refractivity contribution in [1.82, 2.24) is 33.6 Å². The van der Waals surface area contributed by atoms with Crippen molar-refractivity contribution in [2.24, 2.45) is 0 Å². The second-order valence-electron chi connectivity index (χ2n) is 15.9. The number of benzene rings is 8. The van der Waals surface area contributed by atoms with Crippen LogP contribution in [-0.2, 0) is 0 Å². The Morgan fingerprint density at radius 3 is 1.13 bits per heavy atom. The van der Waals surface area contributed by atoms with E-state index in [0.717, 1.165) is 72.4 Å². The van der Waals surface area contributed by atoms with Crippen molar-refractivity contribution in [3.63, 3.8) is 0 Å². The summed E-state index contributed by atoms with van der Waals surface area (Å²) in [6.07, 6.45) is 1.86. The van der Waals surface area contributed by atoms with Gasteiger partial charge in [-0.3, -0.25) is 4.57 Å². The number of pyridine rings is 1. The molecule has 0 aliphatic rings. The van der Waals surface area contributed by atoms with Crippen LogP contribution in [0.4, 0.5) is 0 Å². The molecule has 0 amide bonds. The van der Waals surface area contributed by atoms with Gasteiger partial charge in [-0.15, -0.1) is 0 Å². The number of rotatable bonds is 6. The molecule has 0 unspecified atom stereocenters. The summed E-state index contributed by atoms with van der Waals surface area (Å²) in [4.78, 5) is 21.0. The fourth-order valence-corrected chi connectivity index (χ4v) is 9.64. The first-order valence-corrected chi connectivity index (χ1v) is 21.2. The second-order valence-corrected chi connectivity index (χ2v) is 15.9. The van der Waals surface area contributed by atoms with Gasteiger partial charge < -0.3 is 9.13 Å². The van der Waals surface area contributed by atoms with E-state index in [-0.39, 0.29) is 0 Å². The lowest BCUT2D eigenvalue weighted by Crippen LogP contribution is -2.05. The Morgan fingerprint density at radius 1 is 0.286 bits per heavy atom. The van der Waals surface area contributed by atoms with Crippen molar-refractivity contribution < 1.29 is 0 Å². The third-order valence-corrected chi connectivity index (χ3v) is 12.4. The number of hydrogen-bond acceptors (Lipinski definition) is 4. The molecule has 13 rings (SSSR count). The highest BCUT2D eigenvalue weighted by atomic mass is 15.1. The first-order valence-electron chi connectivity index (χ1n) is 21.2. The highest BCUT2D eigenvalue weighted by Gasteiger charge is 2.22. The molecule has 8 aromatic carbocycles. The van der Waals surface area contributed by atoms with Gasteiger partial charge in [-0.2, -0.15) is 0 Å². The molecule has 0 aliphatic carbocycles. The molecular formula is C56H35N7. The van der Waals surface area contributed by atoms with Crippen LogP contribution in [0.3, 0.4) is 0 Å². The van der Waals surface area contributed by atoms with Crippen LogP contribution in [0.2, 0.25) is 0 Å². The van der Waals surface area contributed by atoms with Crippen LogP contribution in [0, 0.1) is 0 Å². The van der Waals surface area contributed by atoms with Crippen LogP contribution >= 0.6 is 0 Å². The monoisotopic (exact) mass is 805 g/mol. The zero-order chi connectivity index (χ0) is 41.4. The molecular weight excluding hydrogens is 771 g/mol. The minimum atomic E-state index is 0.580. The molecule has 294 valence electrons. The van der Waals surface area contributed by atoms with Gasteiger partial charge in [-0.25, -0.2) is 19.9 Å². The van der Waals surface area contributed by atoms with Gasteiger partial charge in [0.15, 0.2) is 17.5 Å². The van der Waals surface area contributed by atoms with Gasteiger partial charge in [0.2, 0.25) is 0 Å². The fourth-order valence-electron chi connectivity index (χ4n) is 9.64. The molecule has 7 heteroatoms. The predicted octanol–water partition coefficient (Wildman–Crippen LogP) is 13.6. The number of para-hydroxylation sites is 7. The minimum Gasteiger partial charge on any atom is -0.309 e. The lowest BCUT2D eigenvalue weighted by atomic mass is 10.1. The van der Waals surface area contributed by atoms with Crippen LogP contribution in [0.15, 0.2) is 212 Å². The Balaban J connectivity index is 1.05. The Labute approximate surface area is 361 Å². The smallest absolute Gasteiger partial charge is 0.166 e. The molecule has 5 heterocycles. The molecule has 63 heavy (non-hydrogen) atoms. The molecule has 5 aromatic heterocycles. The topological polar surface area (TPSA) is 66.3 Å². The molecule has 0 atom stereocenters. The first-order chi connectivity index (χ1) is 31.3. The summed E-state index contributed by atoms with van der Waals surface area (Å²) in [6, 6.07) is 72.3. The predicted molar refractivity (Wildman–Crippen MR) is 257 cm³/mol. The standard InChI is InChI=1S/C56H35N7/c1-9-25-47-38(16-1)39-17-2-10-26-48(39)62(47)51-29-13-6-21-44(51)54-58-53(36-31-33-37(34-32-36)61-46-24-8-5-20-42(46)43-23-15-35-57-56(43)61)59-55(60-54)45-22-7-14-30-52(45)63-49-27-11-3-18-40(49)41-19-4-12-28-50(41)63/h1-35H. The molecule has 13 aromatic rings. The summed E-state index contributed by atoms with van der Waals surface area (Å²) in [7, 11) is 0. The second kappa shape index (κ2) is 13.9. The lowest BCUT2D eigenvalue weighted by molar-refractivity contribution is 1.06. The summed E-state index contributed by atoms with van der Waals surface area (Å²) in [5, 5.41) is 7.06. The molecule has 0 bridgehead atoms. The summed E-state index contributed by atoms with van der Waals surface area (Å²) in [5.41, 5.74) is 12.2. The Kier molecular flexibility index (Phi) is 7.77. The van der Waals surface area contributed by atoms with Crippen molar-refractivity contribution in [2.75, 3.05) is 0 Å². The van der Waals surface area contributed by atoms with E-state index in [4.69, 9.17) is 19.9 Å². The van der Waals surface area contributed by atoms with Crippen molar-refractivity contribution in [3.05, 3.63) is 212 Å². The van der Waals surface area contributed by atoms with E-state index in [9.17, 15) is 0 Å². The van der Waals surface area contributed by atoms with E-state index in [1.54, 1.807) is 0 Å². The van der Waals surface area contributed by atoms with Crippen molar-refractivity contribution in [2.45, 2.75) is 0 Å². The molecule has 0 radical (unpaired) electrons. The number of fused-ring (bicyclic) bond motifs is 9. The maximum Gasteiger partial charge on any atom is 0.166 e. The maximum atomic E-state index is 5.43. The zero-order valence-electron chi connectivity index (χ0n) is 33.8. The van der Waals surface area contributed by atoms with E-state index in [0.29, 0.717) is 17.5 Å². The molecule has 0 fully saturated rings. The van der Waals surface area contributed by atoms with Crippen LogP contribution in [0.25, 0.3) is 117 Å². The van der Waals surface area contributed by atoms with Crippen molar-refractivity contribution in [1.29, 1.82) is 0 Å². The van der Waals surface area contributed by atoms with Crippen LogP contribution in [0.5, 0.6) is 0 Å². The Morgan fingerprint density at radius 2 is 0.651 bits per heavy atom. The molecule has 0 spiro atoms. The van der Waals surface area contributed by atoms with Crippen LogP contribution in [0.1, 0.15) is 0 Å². The van der Waals surface area contributed by atoms with Crippen LogP contribution in [-0.4, -0.2) is 33.6 Å². The van der Waals surface area contributed by atoms with Gasteiger partial charge in [0.1, 0.15) is 5.65 Å². The lowest BCUT2D eigenvalue weighted by Gasteiger charge is -2.16. The van der Waals surface area contributed by atoms with E-state index in [1.165, 1.54) is 26.9 Å². The van der Waals surface area contributed by atoms with Gasteiger partial charge in [0.05, 0.1) is 39.0 Å². The van der Waals surface area contributed by atoms with E-state index >= 15 is 0 Å². The molecule has 0 saturated carbocycles. The number of nitrogens with zero attached hydrogens (tertiary/aromatic N) is 7. The average Bonchev–Trinajstić information content (AvgIpc) is 4.00. The largest absolute Gasteiger partial charge is 0.309 e. The summed E-state index contributed by atoms with van der Waals surface area (Å²) in [5.74, 6) is 1.75. The summed E-state index contributed by atoms with van der Waals surface area (Å²) in [6.45, 7) is 0. The first kappa shape index (κ1) is 35.1. The van der Waals surface area contributed by atoms with E-state index < -0.39 is 0 Å². The van der Waals surface area contributed by atoms with Crippen molar-refractivity contribution >= 4 is 65.5 Å². The third kappa shape index (κ3) is 5.40. The maximum absolute atomic E-state index is 5.43. The zero-order valence-corrected chi connectivity index (χ0v) is 33.8. The number of aromatic nitrogens is 7. The Hall–Kier alpha value is -8.68. The molecule has 0 saturated heterocycles. The molecule has 0 N–H and O–H groups in total. The highest BCUT2D eigenvalue weighted by Crippen LogP contribution is 2.39. The number of hydrogen-bond donors (Lipinski definition) is 0. The van der Waals surface area contributed by atoms with Gasteiger partial charge >= 0.3 is 0 Å². The van der Waals surface area contributed by atoms with Gasteiger partial charge in [0, 0.05) is 60.9 Å². The van der Waals surface area contributed by atoms with E-state index in [2.05, 4.69) is 214 Å².